The molecule has 1 aliphatic rings. The molecule has 0 bridgehead atoms. The van der Waals surface area contributed by atoms with E-state index >= 15 is 0 Å². The van der Waals surface area contributed by atoms with Gasteiger partial charge in [0.15, 0.2) is 11.6 Å². The van der Waals surface area contributed by atoms with Crippen LogP contribution >= 0.6 is 0 Å². The number of fused-ring (bicyclic) bond motifs is 2. The molecule has 0 aliphatic heterocycles. The van der Waals surface area contributed by atoms with E-state index in [0.29, 0.717) is 22.7 Å². The van der Waals surface area contributed by atoms with Crippen LogP contribution in [0.15, 0.2) is 84.9 Å². The summed E-state index contributed by atoms with van der Waals surface area (Å²) < 4.78 is 0. The second-order valence-electron chi connectivity index (χ2n) is 8.14. The molecular weight excluding hydrogens is 460 g/mol. The summed E-state index contributed by atoms with van der Waals surface area (Å²) in [5.41, 5.74) is 2.49. The Morgan fingerprint density at radius 2 is 0.972 bits per heavy atom. The SMILES string of the molecule is O=C(O)c1cccc(Nc2ccc(Nc3cccc(C(=O)O)c3)c3c2C(=O)c2ccccc2C3=O)c1. The standard InChI is InChI=1S/C28H18N2O6/c31-25-19-9-1-2-10-20(19)26(32)24-22(30-18-8-4-6-16(14-18)28(35)36)12-11-21(23(24)25)29-17-7-3-5-15(13-17)27(33)34/h1-14,29-30H,(H,33,34)(H,35,36). The number of carboxylic acid groups (broad SMARTS) is 2. The maximum Gasteiger partial charge on any atom is 0.335 e. The molecule has 0 unspecified atom stereocenters. The Morgan fingerprint density at radius 1 is 0.556 bits per heavy atom. The Morgan fingerprint density at radius 3 is 1.36 bits per heavy atom. The first kappa shape index (κ1) is 22.5. The number of hydrogen-bond donors (Lipinski definition) is 4. The lowest BCUT2D eigenvalue weighted by molar-refractivity contribution is 0.0686. The van der Waals surface area contributed by atoms with Crippen LogP contribution in [0, 0.1) is 0 Å². The Hall–Kier alpha value is -5.24. The summed E-state index contributed by atoms with van der Waals surface area (Å²) in [6, 6.07) is 22.0. The monoisotopic (exact) mass is 478 g/mol. The molecule has 5 rings (SSSR count). The van der Waals surface area contributed by atoms with Crippen LogP contribution in [-0.4, -0.2) is 33.7 Å². The van der Waals surface area contributed by atoms with Gasteiger partial charge in [0.05, 0.1) is 33.6 Å². The summed E-state index contributed by atoms with van der Waals surface area (Å²) >= 11 is 0. The molecule has 36 heavy (non-hydrogen) atoms. The largest absolute Gasteiger partial charge is 0.478 e. The molecule has 0 saturated heterocycles. The Bertz CT molecular complexity index is 1470. The van der Waals surface area contributed by atoms with E-state index in [-0.39, 0.29) is 44.9 Å². The number of benzene rings is 4. The van der Waals surface area contributed by atoms with Gasteiger partial charge < -0.3 is 20.8 Å². The van der Waals surface area contributed by atoms with Gasteiger partial charge in [0.25, 0.3) is 0 Å². The fraction of sp³-hybridized carbons (Fsp3) is 0. The normalized spacial score (nSPS) is 11.9. The molecule has 8 heteroatoms. The molecule has 0 spiro atoms. The number of aromatic carboxylic acids is 2. The Balaban J connectivity index is 1.65. The van der Waals surface area contributed by atoms with Gasteiger partial charge >= 0.3 is 11.9 Å². The zero-order valence-electron chi connectivity index (χ0n) is 18.6. The van der Waals surface area contributed by atoms with Crippen LogP contribution in [0.2, 0.25) is 0 Å². The first-order valence-electron chi connectivity index (χ1n) is 10.9. The van der Waals surface area contributed by atoms with Gasteiger partial charge in [-0.1, -0.05) is 36.4 Å². The third kappa shape index (κ3) is 3.97. The summed E-state index contributed by atoms with van der Waals surface area (Å²) in [5, 5.41) is 24.8. The maximum absolute atomic E-state index is 13.6. The van der Waals surface area contributed by atoms with Gasteiger partial charge in [-0.3, -0.25) is 9.59 Å². The van der Waals surface area contributed by atoms with Gasteiger partial charge in [-0.2, -0.15) is 0 Å². The summed E-state index contributed by atoms with van der Waals surface area (Å²) in [5.74, 6) is -2.91. The van der Waals surface area contributed by atoms with Crippen LogP contribution < -0.4 is 10.6 Å². The summed E-state index contributed by atoms with van der Waals surface area (Å²) in [4.78, 5) is 50.0. The molecule has 0 saturated carbocycles. The number of hydrogen-bond acceptors (Lipinski definition) is 6. The fourth-order valence-corrected chi connectivity index (χ4v) is 4.20. The van der Waals surface area contributed by atoms with Crippen molar-refractivity contribution in [2.45, 2.75) is 0 Å². The van der Waals surface area contributed by atoms with Crippen LogP contribution in [0.25, 0.3) is 0 Å². The lowest BCUT2D eigenvalue weighted by Gasteiger charge is -2.24. The van der Waals surface area contributed by atoms with Gasteiger partial charge in [-0.15, -0.1) is 0 Å². The average Bonchev–Trinajstić information content (AvgIpc) is 2.88. The van der Waals surface area contributed by atoms with E-state index in [1.807, 2.05) is 0 Å². The highest BCUT2D eigenvalue weighted by Crippen LogP contribution is 2.38. The van der Waals surface area contributed by atoms with Gasteiger partial charge in [-0.25, -0.2) is 9.59 Å². The predicted molar refractivity (Wildman–Crippen MR) is 133 cm³/mol. The highest BCUT2D eigenvalue weighted by Gasteiger charge is 2.34. The van der Waals surface area contributed by atoms with Crippen LogP contribution in [-0.2, 0) is 0 Å². The van der Waals surface area contributed by atoms with E-state index in [2.05, 4.69) is 10.6 Å². The van der Waals surface area contributed by atoms with E-state index in [4.69, 9.17) is 0 Å². The van der Waals surface area contributed by atoms with Crippen molar-refractivity contribution in [2.24, 2.45) is 0 Å². The van der Waals surface area contributed by atoms with Crippen molar-refractivity contribution in [3.05, 3.63) is 118 Å². The van der Waals surface area contributed by atoms with Gasteiger partial charge in [0.1, 0.15) is 0 Å². The molecule has 0 atom stereocenters. The number of ketones is 2. The number of rotatable bonds is 6. The van der Waals surface area contributed by atoms with Crippen molar-refractivity contribution in [1.82, 2.24) is 0 Å². The lowest BCUT2D eigenvalue weighted by Crippen LogP contribution is -2.23. The van der Waals surface area contributed by atoms with Crippen molar-refractivity contribution in [1.29, 1.82) is 0 Å². The maximum atomic E-state index is 13.6. The van der Waals surface area contributed by atoms with E-state index < -0.39 is 11.9 Å². The van der Waals surface area contributed by atoms with Crippen molar-refractivity contribution >= 4 is 46.3 Å². The van der Waals surface area contributed by atoms with E-state index in [1.54, 1.807) is 60.7 Å². The summed E-state index contributed by atoms with van der Waals surface area (Å²) in [7, 11) is 0. The Kier molecular flexibility index (Phi) is 5.54. The molecule has 0 aromatic heterocycles. The first-order valence-corrected chi connectivity index (χ1v) is 10.9. The zero-order chi connectivity index (χ0) is 25.4. The smallest absolute Gasteiger partial charge is 0.335 e. The number of anilines is 4. The number of nitrogens with one attached hydrogen (secondary N) is 2. The number of carbonyl (C=O) groups excluding carboxylic acids is 2. The Labute approximate surface area is 204 Å². The second kappa shape index (κ2) is 8.84. The van der Waals surface area contributed by atoms with Crippen molar-refractivity contribution in [3.8, 4) is 0 Å². The van der Waals surface area contributed by atoms with Crippen molar-refractivity contribution < 1.29 is 29.4 Å². The molecular formula is C28H18N2O6. The topological polar surface area (TPSA) is 133 Å². The minimum atomic E-state index is -1.09. The lowest BCUT2D eigenvalue weighted by atomic mass is 9.82. The molecule has 0 amide bonds. The minimum Gasteiger partial charge on any atom is -0.478 e. The highest BCUT2D eigenvalue weighted by molar-refractivity contribution is 6.32. The van der Waals surface area contributed by atoms with Crippen LogP contribution in [0.1, 0.15) is 52.6 Å². The molecule has 0 fully saturated rings. The van der Waals surface area contributed by atoms with Gasteiger partial charge in [0, 0.05) is 22.5 Å². The molecule has 0 radical (unpaired) electrons. The average molecular weight is 478 g/mol. The van der Waals surface area contributed by atoms with Gasteiger partial charge in [0.2, 0.25) is 0 Å². The van der Waals surface area contributed by atoms with E-state index in [0.717, 1.165) is 0 Å². The first-order chi connectivity index (χ1) is 17.3. The molecule has 4 aromatic carbocycles. The van der Waals surface area contributed by atoms with Crippen LogP contribution in [0.5, 0.6) is 0 Å². The number of carbonyl (C=O) groups is 4. The summed E-state index contributed by atoms with van der Waals surface area (Å²) in [6.45, 7) is 0. The zero-order valence-corrected chi connectivity index (χ0v) is 18.6. The van der Waals surface area contributed by atoms with Gasteiger partial charge in [-0.05, 0) is 48.5 Å². The van der Waals surface area contributed by atoms with Crippen LogP contribution in [0.3, 0.4) is 0 Å². The minimum absolute atomic E-state index is 0.0678. The predicted octanol–water partition coefficient (Wildman–Crippen LogP) is 5.35. The third-order valence-electron chi connectivity index (χ3n) is 5.85. The van der Waals surface area contributed by atoms with Crippen molar-refractivity contribution in [3.63, 3.8) is 0 Å². The molecule has 1 aliphatic carbocycles. The van der Waals surface area contributed by atoms with Crippen molar-refractivity contribution in [2.75, 3.05) is 10.6 Å². The third-order valence-corrected chi connectivity index (χ3v) is 5.85. The molecule has 176 valence electrons. The molecule has 8 nitrogen and oxygen atoms in total. The van der Waals surface area contributed by atoms with Crippen LogP contribution in [0.4, 0.5) is 22.7 Å². The molecule has 4 aromatic rings. The van der Waals surface area contributed by atoms with E-state index in [1.165, 1.54) is 24.3 Å². The molecule has 4 N–H and O–H groups in total. The molecule has 0 heterocycles. The van der Waals surface area contributed by atoms with E-state index in [9.17, 15) is 29.4 Å². The highest BCUT2D eigenvalue weighted by atomic mass is 16.4. The fourth-order valence-electron chi connectivity index (χ4n) is 4.20. The second-order valence-corrected chi connectivity index (χ2v) is 8.14. The summed E-state index contributed by atoms with van der Waals surface area (Å²) in [6.07, 6.45) is 0. The number of carboxylic acids is 2. The quantitative estimate of drug-likeness (QED) is 0.257.